The van der Waals surface area contributed by atoms with E-state index in [1.165, 1.54) is 0 Å². The molecular weight excluding hydrogens is 361 g/mol. The molecule has 5 nitrogen and oxygen atoms in total. The van der Waals surface area contributed by atoms with Gasteiger partial charge in [0.15, 0.2) is 0 Å². The van der Waals surface area contributed by atoms with Gasteiger partial charge in [-0.1, -0.05) is 36.9 Å². The lowest BCUT2D eigenvalue weighted by Crippen LogP contribution is -2.34. The van der Waals surface area contributed by atoms with Crippen LogP contribution in [0.5, 0.6) is 0 Å². The van der Waals surface area contributed by atoms with Crippen molar-refractivity contribution in [1.82, 2.24) is 14.4 Å². The van der Waals surface area contributed by atoms with Gasteiger partial charge in [0.05, 0.1) is 27.8 Å². The van der Waals surface area contributed by atoms with E-state index >= 15 is 0 Å². The summed E-state index contributed by atoms with van der Waals surface area (Å²) in [7, 11) is -0.476. The van der Waals surface area contributed by atoms with Crippen LogP contribution in [0.4, 0.5) is 0 Å². The van der Waals surface area contributed by atoms with E-state index in [2.05, 4.69) is 35.2 Å². The Hall–Kier alpha value is -3.38. The number of nitrogens with zero attached hydrogens (tertiary/aromatic N) is 3. The topological polar surface area (TPSA) is 48.7 Å². The second-order valence-corrected chi connectivity index (χ2v) is 7.94. The molecule has 1 saturated heterocycles. The van der Waals surface area contributed by atoms with Crippen LogP contribution in [0.2, 0.25) is 0 Å². The molecule has 1 aliphatic rings. The molecule has 1 fully saturated rings. The maximum atomic E-state index is 6.08. The number of rotatable bonds is 1. The fourth-order valence-electron chi connectivity index (χ4n) is 4.10. The summed E-state index contributed by atoms with van der Waals surface area (Å²) in [5, 5.41) is 2.08. The molecule has 6 heteroatoms. The number of hydrogen-bond donors (Lipinski definition) is 0. The normalized spacial score (nSPS) is 16.3. The first kappa shape index (κ1) is 16.6. The maximum Gasteiger partial charge on any atom is 0.563 e. The SMILES string of the molecule is C=C1OB(c2ccc3c(c2)c2ncccc2n2c4ccccc4nc32)OC1(C)C. The second kappa shape index (κ2) is 5.58. The van der Waals surface area contributed by atoms with Crippen LogP contribution in [0, 0.1) is 0 Å². The maximum absolute atomic E-state index is 6.08. The average Bonchev–Trinajstić information content (AvgIpc) is 3.25. The Bertz CT molecular complexity index is 1470. The van der Waals surface area contributed by atoms with Crippen LogP contribution in [0.25, 0.3) is 38.5 Å². The molecule has 29 heavy (non-hydrogen) atoms. The lowest BCUT2D eigenvalue weighted by Gasteiger charge is -2.15. The first-order valence-electron chi connectivity index (χ1n) is 9.64. The van der Waals surface area contributed by atoms with Crippen LogP contribution in [0.3, 0.4) is 0 Å². The van der Waals surface area contributed by atoms with Gasteiger partial charge < -0.3 is 9.31 Å². The quantitative estimate of drug-likeness (QED) is 0.323. The molecule has 2 aromatic carbocycles. The Morgan fingerprint density at radius 2 is 1.83 bits per heavy atom. The molecule has 0 radical (unpaired) electrons. The molecular formula is C23H18BN3O2. The van der Waals surface area contributed by atoms with Crippen molar-refractivity contribution < 1.29 is 9.31 Å². The van der Waals surface area contributed by atoms with Gasteiger partial charge in [-0.2, -0.15) is 0 Å². The van der Waals surface area contributed by atoms with Gasteiger partial charge in [0.1, 0.15) is 11.2 Å². The second-order valence-electron chi connectivity index (χ2n) is 7.94. The summed E-state index contributed by atoms with van der Waals surface area (Å²) in [6, 6.07) is 18.5. The fraction of sp³-hybridized carbons (Fsp3) is 0.130. The summed E-state index contributed by atoms with van der Waals surface area (Å²) in [5.74, 6) is 0.639. The van der Waals surface area contributed by atoms with Gasteiger partial charge in [0.2, 0.25) is 0 Å². The number of para-hydroxylation sites is 2. The highest BCUT2D eigenvalue weighted by molar-refractivity contribution is 6.62. The van der Waals surface area contributed by atoms with Crippen LogP contribution >= 0.6 is 0 Å². The predicted octanol–water partition coefficient (Wildman–Crippen LogP) is 4.22. The first-order chi connectivity index (χ1) is 14.0. The average molecular weight is 379 g/mol. The van der Waals surface area contributed by atoms with E-state index in [1.54, 1.807) is 0 Å². The Labute approximate surface area is 167 Å². The zero-order valence-electron chi connectivity index (χ0n) is 16.2. The zero-order chi connectivity index (χ0) is 19.8. The summed E-state index contributed by atoms with van der Waals surface area (Å²) >= 11 is 0. The number of fused-ring (bicyclic) bond motifs is 8. The van der Waals surface area contributed by atoms with E-state index in [4.69, 9.17) is 19.3 Å². The highest BCUT2D eigenvalue weighted by Crippen LogP contribution is 2.32. The third kappa shape index (κ3) is 2.26. The van der Waals surface area contributed by atoms with Gasteiger partial charge >= 0.3 is 7.12 Å². The predicted molar refractivity (Wildman–Crippen MR) is 116 cm³/mol. The van der Waals surface area contributed by atoms with Crippen molar-refractivity contribution >= 4 is 51.1 Å². The highest BCUT2D eigenvalue weighted by Gasteiger charge is 2.42. The number of hydrogen-bond acceptors (Lipinski definition) is 4. The fourth-order valence-corrected chi connectivity index (χ4v) is 4.10. The third-order valence-electron chi connectivity index (χ3n) is 5.72. The molecule has 1 aliphatic heterocycles. The number of pyridine rings is 2. The van der Waals surface area contributed by atoms with Crippen LogP contribution in [-0.4, -0.2) is 27.1 Å². The van der Waals surface area contributed by atoms with Crippen molar-refractivity contribution in [2.24, 2.45) is 0 Å². The van der Waals surface area contributed by atoms with Crippen molar-refractivity contribution in [3.63, 3.8) is 0 Å². The molecule has 0 bridgehead atoms. The van der Waals surface area contributed by atoms with Crippen molar-refractivity contribution in [3.05, 3.63) is 73.1 Å². The summed E-state index contributed by atoms with van der Waals surface area (Å²) in [6.45, 7) is 7.92. The van der Waals surface area contributed by atoms with E-state index in [9.17, 15) is 0 Å². The summed E-state index contributed by atoms with van der Waals surface area (Å²) in [6.07, 6.45) is 1.83. The van der Waals surface area contributed by atoms with Crippen molar-refractivity contribution in [2.45, 2.75) is 19.4 Å². The number of imidazole rings is 1. The molecule has 5 aromatic rings. The summed E-state index contributed by atoms with van der Waals surface area (Å²) in [4.78, 5) is 9.62. The third-order valence-corrected chi connectivity index (χ3v) is 5.72. The van der Waals surface area contributed by atoms with Gasteiger partial charge in [-0.05, 0) is 43.6 Å². The summed E-state index contributed by atoms with van der Waals surface area (Å²) in [5.41, 5.74) is 5.35. The minimum atomic E-state index is -0.509. The van der Waals surface area contributed by atoms with Crippen LogP contribution in [-0.2, 0) is 9.31 Å². The number of benzene rings is 2. The first-order valence-corrected chi connectivity index (χ1v) is 9.64. The Balaban J connectivity index is 1.69. The van der Waals surface area contributed by atoms with Gasteiger partial charge in [-0.25, -0.2) is 4.98 Å². The molecule has 140 valence electrons. The minimum Gasteiger partial charge on any atom is -0.534 e. The van der Waals surface area contributed by atoms with Crippen LogP contribution in [0.1, 0.15) is 13.8 Å². The largest absolute Gasteiger partial charge is 0.563 e. The molecule has 0 unspecified atom stereocenters. The van der Waals surface area contributed by atoms with Gasteiger partial charge in [0.25, 0.3) is 0 Å². The van der Waals surface area contributed by atoms with Gasteiger partial charge in [-0.3, -0.25) is 9.38 Å². The molecule has 0 atom stereocenters. The van der Waals surface area contributed by atoms with Gasteiger partial charge in [-0.15, -0.1) is 0 Å². The molecule has 6 rings (SSSR count). The smallest absolute Gasteiger partial charge is 0.534 e. The molecule has 0 saturated carbocycles. The Kier molecular flexibility index (Phi) is 3.19. The van der Waals surface area contributed by atoms with E-state index in [0.29, 0.717) is 5.76 Å². The zero-order valence-corrected chi connectivity index (χ0v) is 16.2. The molecule has 0 amide bonds. The van der Waals surface area contributed by atoms with E-state index in [0.717, 1.165) is 43.9 Å². The molecule has 0 spiro atoms. The monoisotopic (exact) mass is 379 g/mol. The number of aromatic nitrogens is 3. The lowest BCUT2D eigenvalue weighted by molar-refractivity contribution is 0.173. The highest BCUT2D eigenvalue weighted by atomic mass is 16.7. The van der Waals surface area contributed by atoms with Crippen LogP contribution in [0.15, 0.2) is 73.1 Å². The van der Waals surface area contributed by atoms with E-state index in [-0.39, 0.29) is 0 Å². The van der Waals surface area contributed by atoms with Crippen molar-refractivity contribution in [1.29, 1.82) is 0 Å². The molecule has 4 heterocycles. The summed E-state index contributed by atoms with van der Waals surface area (Å²) < 4.78 is 14.2. The van der Waals surface area contributed by atoms with E-state index < -0.39 is 12.7 Å². The molecule has 0 aliphatic carbocycles. The lowest BCUT2D eigenvalue weighted by atomic mass is 9.78. The Morgan fingerprint density at radius 3 is 2.66 bits per heavy atom. The van der Waals surface area contributed by atoms with Crippen LogP contribution < -0.4 is 5.46 Å². The standard InChI is InChI=1S/C23H18BN3O2/c1-14-23(2,3)29-24(28-14)15-10-11-16-17(13-15)21-20(9-6-12-25-21)27-19-8-5-4-7-18(19)26-22(16)27/h4-13H,1H2,2-3H3. The molecule has 0 N–H and O–H groups in total. The minimum absolute atomic E-state index is 0.476. The van der Waals surface area contributed by atoms with Crippen molar-refractivity contribution in [3.8, 4) is 0 Å². The molecule has 3 aromatic heterocycles. The van der Waals surface area contributed by atoms with Gasteiger partial charge in [0, 0.05) is 17.0 Å². The van der Waals surface area contributed by atoms with Crippen molar-refractivity contribution in [2.75, 3.05) is 0 Å². The Morgan fingerprint density at radius 1 is 1.00 bits per heavy atom. The van der Waals surface area contributed by atoms with E-state index in [1.807, 2.05) is 50.4 Å².